The molecule has 0 aliphatic rings. The average Bonchev–Trinajstić information content (AvgIpc) is 2.90. The lowest BCUT2D eigenvalue weighted by molar-refractivity contribution is -0.289. The van der Waals surface area contributed by atoms with Crippen molar-refractivity contribution in [2.45, 2.75) is 23.9 Å². The van der Waals surface area contributed by atoms with Crippen molar-refractivity contribution in [2.75, 3.05) is 5.75 Å². The molecule has 0 spiro atoms. The molecule has 0 aliphatic heterocycles. The molecule has 0 saturated carbocycles. The molecule has 27 heavy (non-hydrogen) atoms. The molecule has 0 bridgehead atoms. The van der Waals surface area contributed by atoms with Crippen LogP contribution in [0, 0.1) is 0 Å². The summed E-state index contributed by atoms with van der Waals surface area (Å²) in [5.74, 6) is -4.00. The lowest BCUT2D eigenvalue weighted by atomic mass is 9.99. The Morgan fingerprint density at radius 2 is 1.81 bits per heavy atom. The van der Waals surface area contributed by atoms with Crippen LogP contribution in [0.1, 0.15) is 12.5 Å². The van der Waals surface area contributed by atoms with E-state index in [-0.39, 0.29) is 11.2 Å². The van der Waals surface area contributed by atoms with E-state index in [1.165, 1.54) is 22.5 Å². The number of thioether (sulfide) groups is 1. The summed E-state index contributed by atoms with van der Waals surface area (Å²) < 4.78 is 66.5. The number of rotatable bonds is 4. The first-order chi connectivity index (χ1) is 12.6. The van der Waals surface area contributed by atoms with Crippen LogP contribution in [0.4, 0.5) is 22.0 Å². The molecule has 0 saturated heterocycles. The van der Waals surface area contributed by atoms with E-state index in [9.17, 15) is 22.0 Å². The van der Waals surface area contributed by atoms with E-state index in [1.807, 2.05) is 6.92 Å². The van der Waals surface area contributed by atoms with Gasteiger partial charge < -0.3 is 4.57 Å². The highest BCUT2D eigenvalue weighted by molar-refractivity contribution is 7.99. The first-order valence-electron chi connectivity index (χ1n) is 7.72. The van der Waals surface area contributed by atoms with Gasteiger partial charge in [-0.3, -0.25) is 4.98 Å². The highest BCUT2D eigenvalue weighted by Gasteiger charge is 2.59. The van der Waals surface area contributed by atoms with Crippen molar-refractivity contribution in [3.63, 3.8) is 0 Å². The first-order valence-corrected chi connectivity index (χ1v) is 8.71. The van der Waals surface area contributed by atoms with Crippen LogP contribution < -0.4 is 5.46 Å². The van der Waals surface area contributed by atoms with Gasteiger partial charge in [-0.05, 0) is 11.8 Å². The third kappa shape index (κ3) is 3.40. The Bertz CT molecular complexity index is 1000. The standard InChI is InChI=1S/C16H12BF5N4S/c1-3-27-11-5-9(17)7-23-12(11)14-25-10-4-8(6-24-13(10)26(14)2)15(18,19)16(20,21)22/h4-7H,3H2,1-2H3. The number of pyridine rings is 2. The van der Waals surface area contributed by atoms with Crippen molar-refractivity contribution in [1.29, 1.82) is 0 Å². The maximum Gasteiger partial charge on any atom is 0.458 e. The molecule has 3 heterocycles. The second-order valence-electron chi connectivity index (χ2n) is 5.68. The van der Waals surface area contributed by atoms with E-state index < -0.39 is 17.7 Å². The van der Waals surface area contributed by atoms with E-state index >= 15 is 0 Å². The number of imidazole rings is 1. The van der Waals surface area contributed by atoms with E-state index in [4.69, 9.17) is 7.85 Å². The Morgan fingerprint density at radius 1 is 1.11 bits per heavy atom. The fourth-order valence-corrected chi connectivity index (χ4v) is 3.33. The van der Waals surface area contributed by atoms with Crippen LogP contribution in [0.5, 0.6) is 0 Å². The van der Waals surface area contributed by atoms with E-state index in [0.29, 0.717) is 29.2 Å². The van der Waals surface area contributed by atoms with Crippen LogP contribution >= 0.6 is 11.8 Å². The third-order valence-electron chi connectivity index (χ3n) is 3.81. The highest BCUT2D eigenvalue weighted by atomic mass is 32.2. The summed E-state index contributed by atoms with van der Waals surface area (Å²) in [4.78, 5) is 12.9. The fourth-order valence-electron chi connectivity index (χ4n) is 2.52. The number of fused-ring (bicyclic) bond motifs is 1. The smallest absolute Gasteiger partial charge is 0.310 e. The van der Waals surface area contributed by atoms with Crippen molar-refractivity contribution in [2.24, 2.45) is 7.05 Å². The van der Waals surface area contributed by atoms with E-state index in [2.05, 4.69) is 15.0 Å². The van der Waals surface area contributed by atoms with Crippen LogP contribution in [0.2, 0.25) is 0 Å². The number of halogens is 5. The van der Waals surface area contributed by atoms with Crippen LogP contribution in [0.25, 0.3) is 22.7 Å². The maximum atomic E-state index is 13.6. The van der Waals surface area contributed by atoms with Gasteiger partial charge in [-0.15, -0.1) is 11.8 Å². The molecular formula is C16H12BF5N4S. The van der Waals surface area contributed by atoms with Crippen LogP contribution in [-0.2, 0) is 13.0 Å². The predicted molar refractivity (Wildman–Crippen MR) is 93.5 cm³/mol. The van der Waals surface area contributed by atoms with Crippen molar-refractivity contribution in [1.82, 2.24) is 19.5 Å². The van der Waals surface area contributed by atoms with Gasteiger partial charge in [-0.1, -0.05) is 18.5 Å². The van der Waals surface area contributed by atoms with Gasteiger partial charge in [0.05, 0.1) is 5.56 Å². The van der Waals surface area contributed by atoms with Crippen molar-refractivity contribution >= 4 is 36.2 Å². The summed E-state index contributed by atoms with van der Waals surface area (Å²) in [5, 5.41) is 0. The molecule has 2 radical (unpaired) electrons. The quantitative estimate of drug-likeness (QED) is 0.383. The molecule has 3 aromatic heterocycles. The van der Waals surface area contributed by atoms with Crippen LogP contribution in [-0.4, -0.2) is 39.3 Å². The van der Waals surface area contributed by atoms with Gasteiger partial charge in [0.2, 0.25) is 0 Å². The molecule has 140 valence electrons. The van der Waals surface area contributed by atoms with E-state index in [0.717, 1.165) is 10.6 Å². The average molecular weight is 398 g/mol. The normalized spacial score (nSPS) is 12.7. The Labute approximate surface area is 156 Å². The van der Waals surface area contributed by atoms with Gasteiger partial charge in [0.25, 0.3) is 0 Å². The minimum Gasteiger partial charge on any atom is -0.310 e. The zero-order valence-electron chi connectivity index (χ0n) is 14.2. The molecule has 0 amide bonds. The minimum absolute atomic E-state index is 0.0833. The van der Waals surface area contributed by atoms with E-state index in [1.54, 1.807) is 13.1 Å². The van der Waals surface area contributed by atoms with Crippen molar-refractivity contribution < 1.29 is 22.0 Å². The number of alkyl halides is 5. The molecule has 3 aromatic rings. The molecule has 0 aromatic carbocycles. The Balaban J connectivity index is 2.17. The summed E-state index contributed by atoms with van der Waals surface area (Å²) >= 11 is 1.46. The molecule has 4 nitrogen and oxygen atoms in total. The SMILES string of the molecule is [B]c1cnc(-c2nc3cc(C(F)(F)C(F)(F)F)cnc3n2C)c(SCC)c1. The molecule has 0 atom stereocenters. The highest BCUT2D eigenvalue weighted by Crippen LogP contribution is 2.44. The van der Waals surface area contributed by atoms with Gasteiger partial charge >= 0.3 is 12.1 Å². The monoisotopic (exact) mass is 398 g/mol. The minimum atomic E-state index is -5.72. The summed E-state index contributed by atoms with van der Waals surface area (Å²) in [6.45, 7) is 1.93. The van der Waals surface area contributed by atoms with Gasteiger partial charge in [0.15, 0.2) is 11.5 Å². The summed E-state index contributed by atoms with van der Waals surface area (Å²) in [5.41, 5.74) is -0.294. The predicted octanol–water partition coefficient (Wildman–Crippen LogP) is 3.59. The number of hydrogen-bond acceptors (Lipinski definition) is 4. The molecule has 11 heteroatoms. The number of aromatic nitrogens is 4. The molecule has 0 unspecified atom stereocenters. The summed E-state index contributed by atoms with van der Waals surface area (Å²) in [7, 11) is 7.33. The first kappa shape index (κ1) is 19.6. The summed E-state index contributed by atoms with van der Waals surface area (Å²) in [6, 6.07) is 2.40. The maximum absolute atomic E-state index is 13.6. The summed E-state index contributed by atoms with van der Waals surface area (Å²) in [6.07, 6.45) is -3.78. The molecule has 3 rings (SSSR count). The molecule has 0 fully saturated rings. The topological polar surface area (TPSA) is 43.6 Å². The van der Waals surface area contributed by atoms with Crippen LogP contribution in [0.3, 0.4) is 0 Å². The van der Waals surface area contributed by atoms with Crippen molar-refractivity contribution in [3.8, 4) is 11.5 Å². The van der Waals surface area contributed by atoms with Crippen molar-refractivity contribution in [3.05, 3.63) is 30.1 Å². The lowest BCUT2D eigenvalue weighted by Crippen LogP contribution is -2.33. The second kappa shape index (κ2) is 6.77. The zero-order chi connectivity index (χ0) is 20.0. The third-order valence-corrected chi connectivity index (χ3v) is 4.72. The second-order valence-corrected chi connectivity index (χ2v) is 6.99. The van der Waals surface area contributed by atoms with Crippen LogP contribution in [0.15, 0.2) is 29.4 Å². The fraction of sp³-hybridized carbons (Fsp3) is 0.312. The largest absolute Gasteiger partial charge is 0.458 e. The lowest BCUT2D eigenvalue weighted by Gasteiger charge is -2.19. The Hall–Kier alpha value is -2.17. The Kier molecular flexibility index (Phi) is 4.92. The molecule has 0 N–H and O–H groups in total. The van der Waals surface area contributed by atoms with Gasteiger partial charge in [0, 0.05) is 24.3 Å². The molecular weight excluding hydrogens is 386 g/mol. The van der Waals surface area contributed by atoms with Gasteiger partial charge in [-0.2, -0.15) is 22.0 Å². The Morgan fingerprint density at radius 3 is 2.44 bits per heavy atom. The number of hydrogen-bond donors (Lipinski definition) is 0. The van der Waals surface area contributed by atoms with Gasteiger partial charge in [-0.25, -0.2) is 9.97 Å². The number of aryl methyl sites for hydroxylation is 1. The zero-order valence-corrected chi connectivity index (χ0v) is 15.0. The molecule has 0 aliphatic carbocycles. The number of nitrogens with zero attached hydrogens (tertiary/aromatic N) is 4. The van der Waals surface area contributed by atoms with Gasteiger partial charge in [0.1, 0.15) is 19.1 Å².